The van der Waals surface area contributed by atoms with Crippen molar-refractivity contribution in [3.8, 4) is 0 Å². The van der Waals surface area contributed by atoms with E-state index >= 15 is 0 Å². The summed E-state index contributed by atoms with van der Waals surface area (Å²) in [5.41, 5.74) is -0.427. The molecule has 1 saturated heterocycles. The van der Waals surface area contributed by atoms with Crippen molar-refractivity contribution in [3.63, 3.8) is 0 Å². The summed E-state index contributed by atoms with van der Waals surface area (Å²) in [6.45, 7) is 9.85. The van der Waals surface area contributed by atoms with Gasteiger partial charge in [0.15, 0.2) is 0 Å². The van der Waals surface area contributed by atoms with Gasteiger partial charge in [0.2, 0.25) is 0 Å². The largest absolute Gasteiger partial charge is 0.465 e. The third kappa shape index (κ3) is 5.08. The van der Waals surface area contributed by atoms with E-state index in [2.05, 4.69) is 5.32 Å². The van der Waals surface area contributed by atoms with Crippen LogP contribution in [0.4, 0.5) is 4.79 Å². The van der Waals surface area contributed by atoms with Gasteiger partial charge in [-0.3, -0.25) is 0 Å². The van der Waals surface area contributed by atoms with Crippen LogP contribution in [0.25, 0.3) is 0 Å². The zero-order chi connectivity index (χ0) is 15.5. The van der Waals surface area contributed by atoms with Gasteiger partial charge in [0.1, 0.15) is 17.1 Å². The van der Waals surface area contributed by atoms with Gasteiger partial charge in [-0.05, 0) is 52.7 Å². The van der Waals surface area contributed by atoms with Crippen LogP contribution >= 0.6 is 0 Å². The number of nitrogens with one attached hydrogen (secondary N) is 1. The third-order valence-corrected chi connectivity index (χ3v) is 3.51. The first kappa shape index (κ1) is 15.9. The summed E-state index contributed by atoms with van der Waals surface area (Å²) in [5, 5.41) is 3.49. The van der Waals surface area contributed by atoms with Crippen LogP contribution in [0, 0.1) is 6.92 Å². The van der Waals surface area contributed by atoms with Crippen LogP contribution < -0.4 is 5.32 Å². The average molecular weight is 294 g/mol. The standard InChI is InChI=1S/C16H26N2O3/c1-12-5-6-14(20-12)11-17-13-7-9-18(10-8-13)15(19)21-16(2,3)4/h5-6,13,17H,7-11H2,1-4H3. The molecule has 2 rings (SSSR count). The van der Waals surface area contributed by atoms with E-state index in [0.717, 1.165) is 44.0 Å². The zero-order valence-electron chi connectivity index (χ0n) is 13.4. The molecule has 5 heteroatoms. The SMILES string of the molecule is Cc1ccc(CNC2CCN(C(=O)OC(C)(C)C)CC2)o1. The van der Waals surface area contributed by atoms with Gasteiger partial charge in [-0.1, -0.05) is 0 Å². The Morgan fingerprint density at radius 1 is 1.38 bits per heavy atom. The molecule has 1 fully saturated rings. The average Bonchev–Trinajstić information content (AvgIpc) is 2.81. The molecule has 21 heavy (non-hydrogen) atoms. The molecule has 1 aromatic rings. The molecule has 0 atom stereocenters. The van der Waals surface area contributed by atoms with Crippen LogP contribution in [0.15, 0.2) is 16.5 Å². The van der Waals surface area contributed by atoms with Crippen LogP contribution in [0.5, 0.6) is 0 Å². The number of carbonyl (C=O) groups excluding carboxylic acids is 1. The molecule has 0 aliphatic carbocycles. The number of nitrogens with zero attached hydrogens (tertiary/aromatic N) is 1. The fourth-order valence-electron chi connectivity index (χ4n) is 2.42. The Hall–Kier alpha value is -1.49. The van der Waals surface area contributed by atoms with Crippen molar-refractivity contribution in [1.29, 1.82) is 0 Å². The van der Waals surface area contributed by atoms with E-state index in [1.807, 2.05) is 39.8 Å². The van der Waals surface area contributed by atoms with E-state index in [4.69, 9.17) is 9.15 Å². The second-order valence-electron chi connectivity index (χ2n) is 6.63. The van der Waals surface area contributed by atoms with E-state index < -0.39 is 5.60 Å². The number of amides is 1. The quantitative estimate of drug-likeness (QED) is 0.931. The predicted octanol–water partition coefficient (Wildman–Crippen LogP) is 3.08. The number of hydrogen-bond donors (Lipinski definition) is 1. The molecular weight excluding hydrogens is 268 g/mol. The summed E-state index contributed by atoms with van der Waals surface area (Å²) in [4.78, 5) is 13.8. The number of ether oxygens (including phenoxy) is 1. The van der Waals surface area contributed by atoms with Crippen molar-refractivity contribution in [2.45, 2.75) is 58.7 Å². The van der Waals surface area contributed by atoms with Crippen LogP contribution in [0.1, 0.15) is 45.1 Å². The smallest absolute Gasteiger partial charge is 0.410 e. The summed E-state index contributed by atoms with van der Waals surface area (Å²) >= 11 is 0. The highest BCUT2D eigenvalue weighted by Gasteiger charge is 2.26. The maximum absolute atomic E-state index is 12.0. The Balaban J connectivity index is 1.72. The highest BCUT2D eigenvalue weighted by Crippen LogP contribution is 2.16. The lowest BCUT2D eigenvalue weighted by Gasteiger charge is -2.33. The van der Waals surface area contributed by atoms with Crippen molar-refractivity contribution in [3.05, 3.63) is 23.7 Å². The van der Waals surface area contributed by atoms with E-state index in [1.165, 1.54) is 0 Å². The van der Waals surface area contributed by atoms with E-state index in [9.17, 15) is 4.79 Å². The molecule has 0 saturated carbocycles. The second kappa shape index (κ2) is 6.52. The highest BCUT2D eigenvalue weighted by atomic mass is 16.6. The Morgan fingerprint density at radius 3 is 2.57 bits per heavy atom. The molecule has 0 bridgehead atoms. The van der Waals surface area contributed by atoms with Gasteiger partial charge in [0.25, 0.3) is 0 Å². The lowest BCUT2D eigenvalue weighted by Crippen LogP contribution is -2.46. The minimum Gasteiger partial charge on any atom is -0.465 e. The Bertz CT molecular complexity index is 468. The van der Waals surface area contributed by atoms with Gasteiger partial charge < -0.3 is 19.4 Å². The predicted molar refractivity (Wildman–Crippen MR) is 81.1 cm³/mol. The monoisotopic (exact) mass is 294 g/mol. The number of carbonyl (C=O) groups is 1. The first-order valence-electron chi connectivity index (χ1n) is 7.60. The van der Waals surface area contributed by atoms with Crippen molar-refractivity contribution in [1.82, 2.24) is 10.2 Å². The molecular formula is C16H26N2O3. The molecule has 1 N–H and O–H groups in total. The molecule has 0 spiro atoms. The van der Waals surface area contributed by atoms with Gasteiger partial charge in [0.05, 0.1) is 6.54 Å². The second-order valence-corrected chi connectivity index (χ2v) is 6.63. The van der Waals surface area contributed by atoms with Crippen molar-refractivity contribution >= 4 is 6.09 Å². The Morgan fingerprint density at radius 2 is 2.05 bits per heavy atom. The molecule has 0 aromatic carbocycles. The van der Waals surface area contributed by atoms with Crippen LogP contribution in [0.3, 0.4) is 0 Å². The van der Waals surface area contributed by atoms with Gasteiger partial charge in [-0.2, -0.15) is 0 Å². The number of rotatable bonds is 3. The topological polar surface area (TPSA) is 54.7 Å². The minimum absolute atomic E-state index is 0.206. The summed E-state index contributed by atoms with van der Waals surface area (Å²) in [6.07, 6.45) is 1.68. The number of likely N-dealkylation sites (tertiary alicyclic amines) is 1. The van der Waals surface area contributed by atoms with Gasteiger partial charge >= 0.3 is 6.09 Å². The molecule has 1 aromatic heterocycles. The lowest BCUT2D eigenvalue weighted by molar-refractivity contribution is 0.0197. The van der Waals surface area contributed by atoms with Gasteiger partial charge in [-0.25, -0.2) is 4.79 Å². The summed E-state index contributed by atoms with van der Waals surface area (Å²) in [6, 6.07) is 4.40. The maximum atomic E-state index is 12.0. The van der Waals surface area contributed by atoms with E-state index in [-0.39, 0.29) is 6.09 Å². The van der Waals surface area contributed by atoms with Crippen molar-refractivity contribution in [2.24, 2.45) is 0 Å². The molecule has 0 unspecified atom stereocenters. The first-order chi connectivity index (χ1) is 9.83. The first-order valence-corrected chi connectivity index (χ1v) is 7.60. The fraction of sp³-hybridized carbons (Fsp3) is 0.688. The number of aryl methyl sites for hydroxylation is 1. The van der Waals surface area contributed by atoms with Gasteiger partial charge in [0, 0.05) is 19.1 Å². The van der Waals surface area contributed by atoms with E-state index in [1.54, 1.807) is 4.90 Å². The summed E-state index contributed by atoms with van der Waals surface area (Å²) < 4.78 is 10.9. The van der Waals surface area contributed by atoms with E-state index in [0.29, 0.717) is 6.04 Å². The normalized spacial score (nSPS) is 17.0. The highest BCUT2D eigenvalue weighted by molar-refractivity contribution is 5.68. The molecule has 118 valence electrons. The minimum atomic E-state index is -0.427. The van der Waals surface area contributed by atoms with Crippen LogP contribution in [-0.2, 0) is 11.3 Å². The number of furan rings is 1. The Labute approximate surface area is 126 Å². The van der Waals surface area contributed by atoms with Crippen LogP contribution in [0.2, 0.25) is 0 Å². The lowest BCUT2D eigenvalue weighted by atomic mass is 10.1. The molecule has 5 nitrogen and oxygen atoms in total. The fourth-order valence-corrected chi connectivity index (χ4v) is 2.42. The van der Waals surface area contributed by atoms with Gasteiger partial charge in [-0.15, -0.1) is 0 Å². The number of piperidine rings is 1. The van der Waals surface area contributed by atoms with Crippen LogP contribution in [-0.4, -0.2) is 35.7 Å². The maximum Gasteiger partial charge on any atom is 0.410 e. The van der Waals surface area contributed by atoms with Crippen molar-refractivity contribution < 1.29 is 13.9 Å². The zero-order valence-corrected chi connectivity index (χ0v) is 13.4. The number of hydrogen-bond acceptors (Lipinski definition) is 4. The molecule has 1 aliphatic heterocycles. The third-order valence-electron chi connectivity index (χ3n) is 3.51. The molecule has 0 radical (unpaired) electrons. The molecule has 2 heterocycles. The Kier molecular flexibility index (Phi) is 4.93. The summed E-state index contributed by atoms with van der Waals surface area (Å²) in [7, 11) is 0. The molecule has 1 aliphatic rings. The molecule has 1 amide bonds. The van der Waals surface area contributed by atoms with Crippen molar-refractivity contribution in [2.75, 3.05) is 13.1 Å². The summed E-state index contributed by atoms with van der Waals surface area (Å²) in [5.74, 6) is 1.90.